The molecule has 1 rings (SSSR count). The summed E-state index contributed by atoms with van der Waals surface area (Å²) in [6, 6.07) is 0. The molecular weight excluding hydrogens is 128 g/mol. The molecule has 0 N–H and O–H groups in total. The van der Waals surface area contributed by atoms with Crippen molar-refractivity contribution in [2.75, 3.05) is 6.61 Å². The molecule has 0 amide bonds. The van der Waals surface area contributed by atoms with Crippen molar-refractivity contribution in [2.24, 2.45) is 5.92 Å². The highest BCUT2D eigenvalue weighted by atomic mass is 16.5. The maximum Gasteiger partial charge on any atom is 0.333 e. The average Bonchev–Trinajstić information content (AvgIpc) is 1.95. The van der Waals surface area contributed by atoms with Crippen LogP contribution in [0.15, 0.2) is 11.6 Å². The topological polar surface area (TPSA) is 26.3 Å². The molecule has 0 aromatic rings. The number of carbonyl (C=O) groups excluding carboxylic acids is 1. The van der Waals surface area contributed by atoms with Crippen LogP contribution < -0.4 is 0 Å². The summed E-state index contributed by atoms with van der Waals surface area (Å²) in [5.41, 5.74) is 0.748. The van der Waals surface area contributed by atoms with Crippen molar-refractivity contribution >= 4 is 5.97 Å². The Labute approximate surface area is 60.9 Å². The van der Waals surface area contributed by atoms with Gasteiger partial charge in [0.1, 0.15) is 0 Å². The van der Waals surface area contributed by atoms with Crippen LogP contribution in [0.5, 0.6) is 0 Å². The number of carbonyl (C=O) groups is 1. The first-order valence-electron chi connectivity index (χ1n) is 3.59. The van der Waals surface area contributed by atoms with Crippen molar-refractivity contribution in [1.82, 2.24) is 0 Å². The number of rotatable bonds is 1. The van der Waals surface area contributed by atoms with E-state index < -0.39 is 0 Å². The standard InChI is InChI=1S/C8H12O2/c1-3-7-4-6(2)8(9)10-5-7/h4,7H,3,5H2,1-2H3/t7-/m0/s1. The monoisotopic (exact) mass is 140 g/mol. The second kappa shape index (κ2) is 2.86. The zero-order valence-corrected chi connectivity index (χ0v) is 6.39. The molecule has 1 heterocycles. The highest BCUT2D eigenvalue weighted by Crippen LogP contribution is 2.15. The summed E-state index contributed by atoms with van der Waals surface area (Å²) in [5, 5.41) is 0. The molecule has 0 saturated heterocycles. The van der Waals surface area contributed by atoms with E-state index in [0.29, 0.717) is 12.5 Å². The van der Waals surface area contributed by atoms with Gasteiger partial charge in [-0.3, -0.25) is 0 Å². The van der Waals surface area contributed by atoms with E-state index in [1.807, 2.05) is 6.08 Å². The van der Waals surface area contributed by atoms with Crippen molar-refractivity contribution < 1.29 is 9.53 Å². The largest absolute Gasteiger partial charge is 0.462 e. The van der Waals surface area contributed by atoms with Crippen LogP contribution in [0.2, 0.25) is 0 Å². The number of esters is 1. The van der Waals surface area contributed by atoms with Crippen LogP contribution in [0.4, 0.5) is 0 Å². The Morgan fingerprint density at radius 1 is 1.80 bits per heavy atom. The molecule has 0 bridgehead atoms. The second-order valence-corrected chi connectivity index (χ2v) is 2.62. The Balaban J connectivity index is 2.65. The first kappa shape index (κ1) is 7.32. The van der Waals surface area contributed by atoms with Crippen LogP contribution in [-0.2, 0) is 9.53 Å². The molecule has 0 spiro atoms. The molecule has 10 heavy (non-hydrogen) atoms. The average molecular weight is 140 g/mol. The fourth-order valence-corrected chi connectivity index (χ4v) is 1.00. The lowest BCUT2D eigenvalue weighted by Crippen LogP contribution is -2.19. The molecule has 1 aliphatic heterocycles. The zero-order valence-electron chi connectivity index (χ0n) is 6.39. The van der Waals surface area contributed by atoms with Crippen molar-refractivity contribution in [2.45, 2.75) is 20.3 Å². The van der Waals surface area contributed by atoms with E-state index in [9.17, 15) is 4.79 Å². The molecular formula is C8H12O2. The first-order valence-corrected chi connectivity index (χ1v) is 3.59. The van der Waals surface area contributed by atoms with Crippen molar-refractivity contribution in [3.05, 3.63) is 11.6 Å². The van der Waals surface area contributed by atoms with E-state index in [0.717, 1.165) is 12.0 Å². The molecule has 1 aliphatic rings. The van der Waals surface area contributed by atoms with Gasteiger partial charge in [-0.25, -0.2) is 4.79 Å². The van der Waals surface area contributed by atoms with Crippen molar-refractivity contribution in [1.29, 1.82) is 0 Å². The summed E-state index contributed by atoms with van der Waals surface area (Å²) in [5.74, 6) is 0.280. The smallest absolute Gasteiger partial charge is 0.333 e. The predicted molar refractivity (Wildman–Crippen MR) is 38.5 cm³/mol. The van der Waals surface area contributed by atoms with Gasteiger partial charge in [0.05, 0.1) is 6.61 Å². The van der Waals surface area contributed by atoms with Crippen LogP contribution in [-0.4, -0.2) is 12.6 Å². The van der Waals surface area contributed by atoms with E-state index >= 15 is 0 Å². The molecule has 0 unspecified atom stereocenters. The zero-order chi connectivity index (χ0) is 7.56. The summed E-state index contributed by atoms with van der Waals surface area (Å²) >= 11 is 0. The highest BCUT2D eigenvalue weighted by molar-refractivity contribution is 5.88. The minimum absolute atomic E-state index is 0.162. The molecule has 0 radical (unpaired) electrons. The number of ether oxygens (including phenoxy) is 1. The van der Waals surface area contributed by atoms with E-state index in [-0.39, 0.29) is 5.97 Å². The third-order valence-electron chi connectivity index (χ3n) is 1.76. The summed E-state index contributed by atoms with van der Waals surface area (Å²) in [6.45, 7) is 4.45. The van der Waals surface area contributed by atoms with Crippen molar-refractivity contribution in [3.8, 4) is 0 Å². The second-order valence-electron chi connectivity index (χ2n) is 2.62. The maximum atomic E-state index is 10.8. The van der Waals surface area contributed by atoms with Crippen LogP contribution in [0.25, 0.3) is 0 Å². The van der Waals surface area contributed by atoms with Gasteiger partial charge < -0.3 is 4.74 Å². The number of hydrogen-bond donors (Lipinski definition) is 0. The van der Waals surface area contributed by atoms with Gasteiger partial charge in [0.2, 0.25) is 0 Å². The number of hydrogen-bond acceptors (Lipinski definition) is 2. The van der Waals surface area contributed by atoms with Crippen LogP contribution in [0, 0.1) is 5.92 Å². The van der Waals surface area contributed by atoms with E-state index in [4.69, 9.17) is 4.74 Å². The third kappa shape index (κ3) is 1.38. The molecule has 0 aliphatic carbocycles. The van der Waals surface area contributed by atoms with Gasteiger partial charge in [-0.1, -0.05) is 13.0 Å². The Hall–Kier alpha value is -0.790. The first-order chi connectivity index (χ1) is 4.74. The normalized spacial score (nSPS) is 25.6. The van der Waals surface area contributed by atoms with Gasteiger partial charge in [-0.15, -0.1) is 0 Å². The number of cyclic esters (lactones) is 1. The Kier molecular flexibility index (Phi) is 2.10. The Bertz CT molecular complexity index is 170. The predicted octanol–water partition coefficient (Wildman–Crippen LogP) is 1.52. The van der Waals surface area contributed by atoms with Crippen molar-refractivity contribution in [3.63, 3.8) is 0 Å². The van der Waals surface area contributed by atoms with Crippen LogP contribution in [0.3, 0.4) is 0 Å². The molecule has 0 fully saturated rings. The highest BCUT2D eigenvalue weighted by Gasteiger charge is 2.16. The fraction of sp³-hybridized carbons (Fsp3) is 0.625. The third-order valence-corrected chi connectivity index (χ3v) is 1.76. The molecule has 2 heteroatoms. The lowest BCUT2D eigenvalue weighted by molar-refractivity contribution is -0.141. The molecule has 56 valence electrons. The van der Waals surface area contributed by atoms with Gasteiger partial charge in [-0.05, 0) is 13.3 Å². The minimum Gasteiger partial charge on any atom is -0.462 e. The molecule has 0 aromatic carbocycles. The Morgan fingerprint density at radius 2 is 2.50 bits per heavy atom. The van der Waals surface area contributed by atoms with Crippen LogP contribution in [0.1, 0.15) is 20.3 Å². The maximum absolute atomic E-state index is 10.8. The lowest BCUT2D eigenvalue weighted by atomic mass is 10.0. The van der Waals surface area contributed by atoms with Gasteiger partial charge in [0.15, 0.2) is 0 Å². The summed E-state index contributed by atoms with van der Waals surface area (Å²) in [7, 11) is 0. The van der Waals surface area contributed by atoms with E-state index in [2.05, 4.69) is 6.92 Å². The van der Waals surface area contributed by atoms with Gasteiger partial charge in [-0.2, -0.15) is 0 Å². The van der Waals surface area contributed by atoms with Gasteiger partial charge in [0, 0.05) is 11.5 Å². The SMILES string of the molecule is CC[C@H]1C=C(C)C(=O)OC1. The van der Waals surface area contributed by atoms with Gasteiger partial charge in [0.25, 0.3) is 0 Å². The minimum atomic E-state index is -0.162. The van der Waals surface area contributed by atoms with Gasteiger partial charge >= 0.3 is 5.97 Å². The van der Waals surface area contributed by atoms with E-state index in [1.165, 1.54) is 0 Å². The summed E-state index contributed by atoms with van der Waals surface area (Å²) < 4.78 is 4.89. The quantitative estimate of drug-likeness (QED) is 0.516. The van der Waals surface area contributed by atoms with E-state index in [1.54, 1.807) is 6.92 Å². The molecule has 2 nitrogen and oxygen atoms in total. The molecule has 0 saturated carbocycles. The Morgan fingerprint density at radius 3 is 3.00 bits per heavy atom. The fourth-order valence-electron chi connectivity index (χ4n) is 1.00. The summed E-state index contributed by atoms with van der Waals surface area (Å²) in [6.07, 6.45) is 3.04. The lowest BCUT2D eigenvalue weighted by Gasteiger charge is -2.17. The molecule has 0 aromatic heterocycles. The van der Waals surface area contributed by atoms with Crippen LogP contribution >= 0.6 is 0 Å². The molecule has 1 atom stereocenters. The summed E-state index contributed by atoms with van der Waals surface area (Å²) in [4.78, 5) is 10.8.